The number of alkyl halides is 3. The minimum absolute atomic E-state index is 0.0716. The van der Waals surface area contributed by atoms with Crippen molar-refractivity contribution in [2.45, 2.75) is 31.5 Å². The van der Waals surface area contributed by atoms with Crippen molar-refractivity contribution in [1.82, 2.24) is 19.9 Å². The molecule has 1 unspecified atom stereocenters. The van der Waals surface area contributed by atoms with Crippen LogP contribution in [-0.4, -0.2) is 32.2 Å². The molecule has 3 rings (SSSR count). The minimum atomic E-state index is -4.49. The number of pyridine rings is 1. The van der Waals surface area contributed by atoms with Gasteiger partial charge < -0.3 is 9.88 Å². The van der Waals surface area contributed by atoms with Crippen LogP contribution in [-0.2, 0) is 7.05 Å². The van der Waals surface area contributed by atoms with Crippen molar-refractivity contribution in [1.29, 1.82) is 0 Å². The Bertz CT molecular complexity index is 735. The fraction of sp³-hybridized carbons (Fsp3) is 0.500. The standard InChI is InChI=1S/C14H15F3N4O/c1-13(9-3-4-9,14(15,16)17)20-12(22)8-5-10-11(18-6-8)21(2)7-19-10/h5-7,9H,3-4H2,1-2H3,(H,20,22). The predicted octanol–water partition coefficient (Wildman–Crippen LogP) is 2.43. The molecule has 0 aliphatic heterocycles. The first kappa shape index (κ1) is 14.8. The van der Waals surface area contributed by atoms with Crippen LogP contribution >= 0.6 is 0 Å². The van der Waals surface area contributed by atoms with E-state index in [9.17, 15) is 18.0 Å². The van der Waals surface area contributed by atoms with Crippen LogP contribution in [0.1, 0.15) is 30.1 Å². The molecular formula is C14H15F3N4O. The third-order valence-electron chi connectivity index (χ3n) is 4.17. The first-order valence-electron chi connectivity index (χ1n) is 6.88. The molecule has 1 aliphatic rings. The Morgan fingerprint density at radius 3 is 2.64 bits per heavy atom. The molecule has 0 bridgehead atoms. The molecule has 2 aromatic rings. The molecule has 1 N–H and O–H groups in total. The minimum Gasteiger partial charge on any atom is -0.338 e. The molecule has 1 atom stereocenters. The van der Waals surface area contributed by atoms with Crippen molar-refractivity contribution in [3.05, 3.63) is 24.2 Å². The lowest BCUT2D eigenvalue weighted by atomic mass is 9.94. The van der Waals surface area contributed by atoms with Crippen LogP contribution in [0.4, 0.5) is 13.2 Å². The van der Waals surface area contributed by atoms with E-state index in [0.717, 1.165) is 6.92 Å². The van der Waals surface area contributed by atoms with Gasteiger partial charge >= 0.3 is 6.18 Å². The van der Waals surface area contributed by atoms with Crippen LogP contribution in [0.2, 0.25) is 0 Å². The molecule has 0 saturated heterocycles. The highest BCUT2D eigenvalue weighted by atomic mass is 19.4. The molecule has 118 valence electrons. The normalized spacial score (nSPS) is 18.2. The molecule has 22 heavy (non-hydrogen) atoms. The Labute approximate surface area is 124 Å². The number of halogens is 3. The lowest BCUT2D eigenvalue weighted by Gasteiger charge is -2.33. The Hall–Kier alpha value is -2.12. The second kappa shape index (κ2) is 4.69. The van der Waals surface area contributed by atoms with E-state index < -0.39 is 23.5 Å². The van der Waals surface area contributed by atoms with Crippen molar-refractivity contribution < 1.29 is 18.0 Å². The number of aromatic nitrogens is 3. The molecule has 1 saturated carbocycles. The summed E-state index contributed by atoms with van der Waals surface area (Å²) in [6, 6.07) is 1.45. The number of carbonyl (C=O) groups is 1. The van der Waals surface area contributed by atoms with E-state index in [4.69, 9.17) is 0 Å². The maximum atomic E-state index is 13.3. The third kappa shape index (κ3) is 2.32. The summed E-state index contributed by atoms with van der Waals surface area (Å²) in [4.78, 5) is 20.3. The molecule has 8 heteroatoms. The average molecular weight is 312 g/mol. The van der Waals surface area contributed by atoms with Gasteiger partial charge in [0, 0.05) is 13.2 Å². The first-order chi connectivity index (χ1) is 10.2. The highest BCUT2D eigenvalue weighted by Crippen LogP contribution is 2.48. The van der Waals surface area contributed by atoms with Crippen molar-refractivity contribution in [2.75, 3.05) is 0 Å². The maximum Gasteiger partial charge on any atom is 0.411 e. The number of carbonyl (C=O) groups excluding carboxylic acids is 1. The summed E-state index contributed by atoms with van der Waals surface area (Å²) in [5.41, 5.74) is -1.10. The van der Waals surface area contributed by atoms with Crippen LogP contribution in [0.25, 0.3) is 11.2 Å². The molecule has 0 radical (unpaired) electrons. The number of aryl methyl sites for hydroxylation is 1. The van der Waals surface area contributed by atoms with Crippen molar-refractivity contribution in [3.63, 3.8) is 0 Å². The van der Waals surface area contributed by atoms with E-state index >= 15 is 0 Å². The highest BCUT2D eigenvalue weighted by molar-refractivity contribution is 5.96. The summed E-state index contributed by atoms with van der Waals surface area (Å²) in [5, 5.41) is 2.14. The number of hydrogen-bond donors (Lipinski definition) is 1. The smallest absolute Gasteiger partial charge is 0.338 e. The van der Waals surface area contributed by atoms with Gasteiger partial charge in [-0.3, -0.25) is 4.79 Å². The number of amides is 1. The molecule has 2 aromatic heterocycles. The van der Waals surface area contributed by atoms with E-state index in [1.54, 1.807) is 11.6 Å². The summed E-state index contributed by atoms with van der Waals surface area (Å²) < 4.78 is 41.5. The molecule has 1 fully saturated rings. The van der Waals surface area contributed by atoms with Crippen molar-refractivity contribution in [2.24, 2.45) is 13.0 Å². The SMILES string of the molecule is Cn1cnc2cc(C(=O)NC(C)(C3CC3)C(F)(F)F)cnc21. The summed E-state index contributed by atoms with van der Waals surface area (Å²) in [7, 11) is 1.75. The fourth-order valence-corrected chi connectivity index (χ4v) is 2.51. The van der Waals surface area contributed by atoms with Crippen molar-refractivity contribution in [3.8, 4) is 0 Å². The largest absolute Gasteiger partial charge is 0.411 e. The molecule has 0 spiro atoms. The van der Waals surface area contributed by atoms with E-state index in [1.165, 1.54) is 18.6 Å². The molecule has 5 nitrogen and oxygen atoms in total. The van der Waals surface area contributed by atoms with Crippen LogP contribution < -0.4 is 5.32 Å². The predicted molar refractivity (Wildman–Crippen MR) is 73.2 cm³/mol. The van der Waals surface area contributed by atoms with Gasteiger partial charge in [0.05, 0.1) is 11.9 Å². The average Bonchev–Trinajstić information content (AvgIpc) is 3.23. The first-order valence-corrected chi connectivity index (χ1v) is 6.88. The summed E-state index contributed by atoms with van der Waals surface area (Å²) in [6.45, 7) is 1.04. The molecular weight excluding hydrogens is 297 g/mol. The zero-order valence-electron chi connectivity index (χ0n) is 12.1. The third-order valence-corrected chi connectivity index (χ3v) is 4.17. The monoisotopic (exact) mass is 312 g/mol. The van der Waals surface area contributed by atoms with E-state index in [0.29, 0.717) is 24.0 Å². The lowest BCUT2D eigenvalue weighted by Crippen LogP contribution is -2.58. The zero-order valence-corrected chi connectivity index (χ0v) is 12.1. The Kier molecular flexibility index (Phi) is 3.15. The summed E-state index contributed by atoms with van der Waals surface area (Å²) >= 11 is 0. The molecule has 1 aliphatic carbocycles. The number of rotatable bonds is 3. The van der Waals surface area contributed by atoms with E-state index in [1.807, 2.05) is 0 Å². The fourth-order valence-electron chi connectivity index (χ4n) is 2.51. The van der Waals surface area contributed by atoms with E-state index in [-0.39, 0.29) is 5.56 Å². The van der Waals surface area contributed by atoms with Gasteiger partial charge in [-0.1, -0.05) is 0 Å². The number of fused-ring (bicyclic) bond motifs is 1. The second-order valence-corrected chi connectivity index (χ2v) is 5.85. The van der Waals surface area contributed by atoms with Crippen LogP contribution in [0.5, 0.6) is 0 Å². The van der Waals surface area contributed by atoms with Gasteiger partial charge in [0.2, 0.25) is 0 Å². The zero-order chi connectivity index (χ0) is 16.1. The number of imidazole rings is 1. The van der Waals surface area contributed by atoms with Gasteiger partial charge in [0.25, 0.3) is 5.91 Å². The van der Waals surface area contributed by atoms with Gasteiger partial charge in [-0.25, -0.2) is 9.97 Å². The van der Waals surface area contributed by atoms with Gasteiger partial charge in [-0.15, -0.1) is 0 Å². The van der Waals surface area contributed by atoms with Crippen LogP contribution in [0.15, 0.2) is 18.6 Å². The summed E-state index contributed by atoms with van der Waals surface area (Å²) in [6.07, 6.45) is -0.763. The van der Waals surface area contributed by atoms with Crippen LogP contribution in [0, 0.1) is 5.92 Å². The molecule has 0 aromatic carbocycles. The lowest BCUT2D eigenvalue weighted by molar-refractivity contribution is -0.194. The number of nitrogens with zero attached hydrogens (tertiary/aromatic N) is 3. The molecule has 1 amide bonds. The van der Waals surface area contributed by atoms with Crippen molar-refractivity contribution >= 4 is 17.1 Å². The summed E-state index contributed by atoms with van der Waals surface area (Å²) in [5.74, 6) is -1.35. The maximum absolute atomic E-state index is 13.3. The Morgan fingerprint density at radius 1 is 1.36 bits per heavy atom. The van der Waals surface area contributed by atoms with Gasteiger partial charge in [0.1, 0.15) is 11.1 Å². The Balaban J connectivity index is 1.88. The van der Waals surface area contributed by atoms with E-state index in [2.05, 4.69) is 15.3 Å². The second-order valence-electron chi connectivity index (χ2n) is 5.85. The van der Waals surface area contributed by atoms with Gasteiger partial charge in [0.15, 0.2) is 5.65 Å². The highest BCUT2D eigenvalue weighted by Gasteiger charge is 2.60. The van der Waals surface area contributed by atoms with Gasteiger partial charge in [-0.05, 0) is 31.7 Å². The number of nitrogens with one attached hydrogen (secondary N) is 1. The quantitative estimate of drug-likeness (QED) is 0.947. The number of hydrogen-bond acceptors (Lipinski definition) is 3. The van der Waals surface area contributed by atoms with Crippen LogP contribution in [0.3, 0.4) is 0 Å². The molecule has 2 heterocycles. The topological polar surface area (TPSA) is 59.8 Å². The van der Waals surface area contributed by atoms with Gasteiger partial charge in [-0.2, -0.15) is 13.2 Å². The Morgan fingerprint density at radius 2 is 2.05 bits per heavy atom.